The number of amides is 1. The van der Waals surface area contributed by atoms with Crippen LogP contribution in [-0.4, -0.2) is 21.6 Å². The van der Waals surface area contributed by atoms with E-state index in [9.17, 15) is 14.4 Å². The second-order valence-corrected chi connectivity index (χ2v) is 4.90. The van der Waals surface area contributed by atoms with Crippen molar-refractivity contribution in [2.75, 3.05) is 5.32 Å². The van der Waals surface area contributed by atoms with E-state index in [0.717, 1.165) is 0 Å². The molecule has 2 rings (SSSR count). The number of carboxylic acid groups (broad SMARTS) is 1. The molecule has 1 amide bonds. The molecular formula is C13H16N2O4. The van der Waals surface area contributed by atoms with Crippen LogP contribution in [0.5, 0.6) is 0 Å². The lowest BCUT2D eigenvalue weighted by molar-refractivity contribution is -0.141. The van der Waals surface area contributed by atoms with Crippen molar-refractivity contribution in [3.05, 3.63) is 28.7 Å². The molecule has 1 aromatic rings. The predicted octanol–water partition coefficient (Wildman–Crippen LogP) is 0.825. The summed E-state index contributed by atoms with van der Waals surface area (Å²) in [5.41, 5.74) is 0.399. The van der Waals surface area contributed by atoms with Crippen molar-refractivity contribution in [1.29, 1.82) is 0 Å². The van der Waals surface area contributed by atoms with E-state index in [1.165, 1.54) is 10.6 Å². The minimum Gasteiger partial charge on any atom is -0.481 e. The standard InChI is InChI=1S/C13H16N2O4/c1-15-7-10(4-5-11(15)16)14-12(17)8-2-3-9(6-8)13(18)19/h4-5,7-9H,2-3,6H2,1H3,(H,14,17)(H,18,19)/t8-,9+/m1/s1. The number of hydrogen-bond acceptors (Lipinski definition) is 3. The maximum atomic E-state index is 12.0. The lowest BCUT2D eigenvalue weighted by atomic mass is 10.0. The van der Waals surface area contributed by atoms with Gasteiger partial charge in [0.05, 0.1) is 11.6 Å². The van der Waals surface area contributed by atoms with Crippen LogP contribution in [0.3, 0.4) is 0 Å². The first kappa shape index (κ1) is 13.3. The fourth-order valence-corrected chi connectivity index (χ4v) is 2.36. The van der Waals surface area contributed by atoms with Crippen molar-refractivity contribution in [1.82, 2.24) is 4.57 Å². The Morgan fingerprint density at radius 2 is 2.00 bits per heavy atom. The quantitative estimate of drug-likeness (QED) is 0.846. The van der Waals surface area contributed by atoms with Gasteiger partial charge in [-0.1, -0.05) is 0 Å². The summed E-state index contributed by atoms with van der Waals surface area (Å²) >= 11 is 0. The van der Waals surface area contributed by atoms with Crippen molar-refractivity contribution in [3.8, 4) is 0 Å². The van der Waals surface area contributed by atoms with Crippen molar-refractivity contribution in [3.63, 3.8) is 0 Å². The smallest absolute Gasteiger partial charge is 0.306 e. The van der Waals surface area contributed by atoms with E-state index in [2.05, 4.69) is 5.32 Å². The molecule has 2 atom stereocenters. The molecule has 0 aromatic carbocycles. The summed E-state index contributed by atoms with van der Waals surface area (Å²) in [6, 6.07) is 2.92. The van der Waals surface area contributed by atoms with Crippen LogP contribution < -0.4 is 10.9 Å². The number of nitrogens with one attached hydrogen (secondary N) is 1. The molecule has 1 aliphatic rings. The number of aryl methyl sites for hydroxylation is 1. The van der Waals surface area contributed by atoms with E-state index in [1.54, 1.807) is 19.3 Å². The molecule has 0 spiro atoms. The van der Waals surface area contributed by atoms with Gasteiger partial charge in [-0.3, -0.25) is 14.4 Å². The van der Waals surface area contributed by atoms with Gasteiger partial charge in [-0.25, -0.2) is 0 Å². The van der Waals surface area contributed by atoms with Gasteiger partial charge in [0, 0.05) is 25.2 Å². The molecule has 0 saturated heterocycles. The van der Waals surface area contributed by atoms with E-state index < -0.39 is 11.9 Å². The van der Waals surface area contributed by atoms with Gasteiger partial charge in [-0.2, -0.15) is 0 Å². The minimum absolute atomic E-state index is 0.148. The normalized spacial score (nSPS) is 22.2. The van der Waals surface area contributed by atoms with Crippen LogP contribution in [0.1, 0.15) is 19.3 Å². The van der Waals surface area contributed by atoms with E-state index in [4.69, 9.17) is 5.11 Å². The Hall–Kier alpha value is -2.11. The summed E-state index contributed by atoms with van der Waals surface area (Å²) in [5, 5.41) is 11.6. The lowest BCUT2D eigenvalue weighted by Crippen LogP contribution is -2.23. The highest BCUT2D eigenvalue weighted by Crippen LogP contribution is 2.31. The second-order valence-electron chi connectivity index (χ2n) is 4.90. The zero-order valence-corrected chi connectivity index (χ0v) is 10.6. The maximum Gasteiger partial charge on any atom is 0.306 e. The fourth-order valence-electron chi connectivity index (χ4n) is 2.36. The first-order valence-corrected chi connectivity index (χ1v) is 6.17. The Morgan fingerprint density at radius 3 is 2.58 bits per heavy atom. The number of pyridine rings is 1. The molecule has 102 valence electrons. The van der Waals surface area contributed by atoms with Gasteiger partial charge in [0.2, 0.25) is 11.5 Å². The van der Waals surface area contributed by atoms with Crippen LogP contribution >= 0.6 is 0 Å². The SMILES string of the molecule is Cn1cc(NC(=O)[C@@H]2CC[C@H](C(=O)O)C2)ccc1=O. The van der Waals surface area contributed by atoms with Gasteiger partial charge >= 0.3 is 5.97 Å². The topological polar surface area (TPSA) is 88.4 Å². The summed E-state index contributed by atoms with van der Waals surface area (Å²) in [5.74, 6) is -1.70. The monoisotopic (exact) mass is 264 g/mol. The molecule has 6 nitrogen and oxygen atoms in total. The molecule has 1 aliphatic carbocycles. The third kappa shape index (κ3) is 3.01. The molecule has 6 heteroatoms. The number of carbonyl (C=O) groups excluding carboxylic acids is 1. The van der Waals surface area contributed by atoms with Gasteiger partial charge < -0.3 is 15.0 Å². The average molecular weight is 264 g/mol. The molecule has 1 aromatic heterocycles. The van der Waals surface area contributed by atoms with E-state index in [1.807, 2.05) is 0 Å². The molecular weight excluding hydrogens is 248 g/mol. The molecule has 0 bridgehead atoms. The fraction of sp³-hybridized carbons (Fsp3) is 0.462. The Bertz CT molecular complexity index is 564. The third-order valence-electron chi connectivity index (χ3n) is 3.51. The lowest BCUT2D eigenvalue weighted by Gasteiger charge is -2.11. The highest BCUT2D eigenvalue weighted by atomic mass is 16.4. The molecule has 0 aliphatic heterocycles. The first-order chi connectivity index (χ1) is 8.97. The number of rotatable bonds is 3. The number of aromatic nitrogens is 1. The number of carbonyl (C=O) groups is 2. The summed E-state index contributed by atoms with van der Waals surface area (Å²) in [4.78, 5) is 34.0. The van der Waals surface area contributed by atoms with Crippen LogP contribution in [0.2, 0.25) is 0 Å². The molecule has 19 heavy (non-hydrogen) atoms. The van der Waals surface area contributed by atoms with Crippen LogP contribution in [0, 0.1) is 11.8 Å². The van der Waals surface area contributed by atoms with Gasteiger partial charge in [-0.05, 0) is 25.3 Å². The number of carboxylic acids is 1. The Kier molecular flexibility index (Phi) is 3.69. The average Bonchev–Trinajstić information content (AvgIpc) is 2.83. The molecule has 0 radical (unpaired) electrons. The van der Waals surface area contributed by atoms with Crippen molar-refractivity contribution in [2.45, 2.75) is 19.3 Å². The maximum absolute atomic E-state index is 12.0. The van der Waals surface area contributed by atoms with E-state index >= 15 is 0 Å². The Morgan fingerprint density at radius 1 is 1.32 bits per heavy atom. The highest BCUT2D eigenvalue weighted by molar-refractivity contribution is 5.93. The number of aliphatic carboxylic acids is 1. The summed E-state index contributed by atoms with van der Waals surface area (Å²) in [6.07, 6.45) is 3.06. The van der Waals surface area contributed by atoms with Crippen molar-refractivity contribution < 1.29 is 14.7 Å². The summed E-state index contributed by atoms with van der Waals surface area (Å²) in [6.45, 7) is 0. The highest BCUT2D eigenvalue weighted by Gasteiger charge is 2.33. The van der Waals surface area contributed by atoms with Gasteiger partial charge in [0.25, 0.3) is 0 Å². The second kappa shape index (κ2) is 5.26. The van der Waals surface area contributed by atoms with Crippen molar-refractivity contribution >= 4 is 17.6 Å². The third-order valence-corrected chi connectivity index (χ3v) is 3.51. The van der Waals surface area contributed by atoms with E-state index in [-0.39, 0.29) is 17.4 Å². The molecule has 1 heterocycles. The first-order valence-electron chi connectivity index (χ1n) is 6.17. The molecule has 0 unspecified atom stereocenters. The van der Waals surface area contributed by atoms with Crippen LogP contribution in [-0.2, 0) is 16.6 Å². The number of nitrogens with zero attached hydrogens (tertiary/aromatic N) is 1. The molecule has 1 saturated carbocycles. The van der Waals surface area contributed by atoms with Gasteiger partial charge in [0.1, 0.15) is 0 Å². The van der Waals surface area contributed by atoms with Crippen LogP contribution in [0.15, 0.2) is 23.1 Å². The zero-order chi connectivity index (χ0) is 14.0. The van der Waals surface area contributed by atoms with Crippen LogP contribution in [0.4, 0.5) is 5.69 Å². The van der Waals surface area contributed by atoms with Crippen molar-refractivity contribution in [2.24, 2.45) is 18.9 Å². The summed E-state index contributed by atoms with van der Waals surface area (Å²) < 4.78 is 1.38. The Labute approximate surface area is 110 Å². The number of anilines is 1. The van der Waals surface area contributed by atoms with Crippen LogP contribution in [0.25, 0.3) is 0 Å². The number of hydrogen-bond donors (Lipinski definition) is 2. The molecule has 1 fully saturated rings. The van der Waals surface area contributed by atoms with Gasteiger partial charge in [0.15, 0.2) is 0 Å². The van der Waals surface area contributed by atoms with Gasteiger partial charge in [-0.15, -0.1) is 0 Å². The molecule has 2 N–H and O–H groups in total. The minimum atomic E-state index is -0.836. The van der Waals surface area contributed by atoms with E-state index in [0.29, 0.717) is 24.9 Å². The predicted molar refractivity (Wildman–Crippen MR) is 68.8 cm³/mol. The largest absolute Gasteiger partial charge is 0.481 e. The summed E-state index contributed by atoms with van der Waals surface area (Å²) in [7, 11) is 1.61. The zero-order valence-electron chi connectivity index (χ0n) is 10.6. The Balaban J connectivity index is 2.00.